The van der Waals surface area contributed by atoms with Gasteiger partial charge in [-0.2, -0.15) is 0 Å². The summed E-state index contributed by atoms with van der Waals surface area (Å²) >= 11 is 7.23. The second-order valence-electron chi connectivity index (χ2n) is 8.52. The summed E-state index contributed by atoms with van der Waals surface area (Å²) in [6.45, 7) is 0. The van der Waals surface area contributed by atoms with Crippen LogP contribution in [0.3, 0.4) is 0 Å². The van der Waals surface area contributed by atoms with Gasteiger partial charge in [0.05, 0.1) is 0 Å². The molecule has 8 heteroatoms. The van der Waals surface area contributed by atoms with Gasteiger partial charge in [-0.25, -0.2) is 0 Å². The van der Waals surface area contributed by atoms with Gasteiger partial charge in [0, 0.05) is 22.9 Å². The van der Waals surface area contributed by atoms with Crippen LogP contribution >= 0.6 is 22.9 Å². The monoisotopic (exact) mass is 502 g/mol. The highest BCUT2D eigenvalue weighted by atomic mass is 35.5. The molecular weight excluding hydrogens is 480 g/mol. The van der Waals surface area contributed by atoms with Crippen LogP contribution in [0.4, 0.5) is 5.13 Å². The number of benzene rings is 3. The maximum atomic E-state index is 13.2. The average molecular weight is 503 g/mol. The summed E-state index contributed by atoms with van der Waals surface area (Å²) in [7, 11) is 0. The largest absolute Gasteiger partial charge is 0.344 e. The lowest BCUT2D eigenvalue weighted by Gasteiger charge is -2.18. The van der Waals surface area contributed by atoms with Gasteiger partial charge in [-0.3, -0.25) is 14.9 Å². The zero-order chi connectivity index (χ0) is 24.2. The highest BCUT2D eigenvalue weighted by molar-refractivity contribution is 7.18. The number of nitrogens with zero attached hydrogens (tertiary/aromatic N) is 2. The molecule has 1 aromatic heterocycles. The smallest absolute Gasteiger partial charge is 0.249 e. The molecule has 2 N–H and O–H groups in total. The van der Waals surface area contributed by atoms with Crippen molar-refractivity contribution >= 4 is 39.9 Å². The molecule has 2 amide bonds. The molecule has 0 aliphatic heterocycles. The van der Waals surface area contributed by atoms with Crippen molar-refractivity contribution in [2.45, 2.75) is 24.8 Å². The Morgan fingerprint density at radius 3 is 2.34 bits per heavy atom. The van der Waals surface area contributed by atoms with Gasteiger partial charge in [-0.15, -0.1) is 10.2 Å². The van der Waals surface area contributed by atoms with Gasteiger partial charge >= 0.3 is 0 Å². The third-order valence-electron chi connectivity index (χ3n) is 6.02. The summed E-state index contributed by atoms with van der Waals surface area (Å²) in [6.07, 6.45) is 1.17. The van der Waals surface area contributed by atoms with Gasteiger partial charge < -0.3 is 5.32 Å². The van der Waals surface area contributed by atoms with Crippen molar-refractivity contribution in [3.05, 3.63) is 101 Å². The van der Waals surface area contributed by atoms with E-state index in [0.29, 0.717) is 21.6 Å². The van der Waals surface area contributed by atoms with Crippen LogP contribution in [-0.4, -0.2) is 28.1 Å². The number of carbonyl (C=O) groups excluding carboxylic acids is 2. The van der Waals surface area contributed by atoms with Crippen molar-refractivity contribution in [1.82, 2.24) is 15.5 Å². The van der Waals surface area contributed by atoms with Crippen molar-refractivity contribution in [2.24, 2.45) is 5.92 Å². The Bertz CT molecular complexity index is 1310. The molecule has 4 aromatic rings. The fourth-order valence-corrected chi connectivity index (χ4v) is 4.94. The molecule has 0 unspecified atom stereocenters. The van der Waals surface area contributed by atoms with Gasteiger partial charge in [0.25, 0.3) is 0 Å². The van der Waals surface area contributed by atoms with Gasteiger partial charge in [0.2, 0.25) is 16.9 Å². The molecular formula is C27H23ClN4O2S. The minimum Gasteiger partial charge on any atom is -0.344 e. The van der Waals surface area contributed by atoms with Crippen molar-refractivity contribution in [3.63, 3.8) is 0 Å². The second-order valence-corrected chi connectivity index (χ2v) is 9.93. The Hall–Kier alpha value is -3.55. The number of nitrogens with one attached hydrogen (secondary N) is 2. The molecule has 1 saturated carbocycles. The normalized spacial score (nSPS) is 17.4. The Kier molecular flexibility index (Phi) is 6.88. The van der Waals surface area contributed by atoms with Crippen LogP contribution in [0.1, 0.15) is 23.5 Å². The molecule has 35 heavy (non-hydrogen) atoms. The topological polar surface area (TPSA) is 84.0 Å². The molecule has 5 rings (SSSR count). The first-order chi connectivity index (χ1) is 17.1. The number of rotatable bonds is 8. The standard InChI is InChI=1S/C27H23ClN4O2S/c28-20-13-11-19(12-14-20)26-31-32-27(35-26)30-25(34)23(15-17-7-3-1-4-8-17)29-24(33)22-16-21(22)18-9-5-2-6-10-18/h1-14,21-23H,15-16H2,(H,29,33)(H,30,32,34)/t21-,22-,23-/m0/s1. The molecule has 3 aromatic carbocycles. The molecule has 1 aliphatic rings. The van der Waals surface area contributed by atoms with E-state index in [1.54, 1.807) is 12.1 Å². The Morgan fingerprint density at radius 2 is 1.63 bits per heavy atom. The third-order valence-corrected chi connectivity index (χ3v) is 7.16. The predicted octanol–water partition coefficient (Wildman–Crippen LogP) is 5.33. The summed E-state index contributed by atoms with van der Waals surface area (Å²) in [6, 6.07) is 26.2. The average Bonchev–Trinajstić information content (AvgIpc) is 3.57. The lowest BCUT2D eigenvalue weighted by atomic mass is 10.0. The first-order valence-corrected chi connectivity index (χ1v) is 12.6. The fourth-order valence-electron chi connectivity index (χ4n) is 4.07. The Labute approximate surface area is 212 Å². The van der Waals surface area contributed by atoms with Crippen LogP contribution in [0, 0.1) is 5.92 Å². The Morgan fingerprint density at radius 1 is 0.943 bits per heavy atom. The zero-order valence-electron chi connectivity index (χ0n) is 18.7. The predicted molar refractivity (Wildman–Crippen MR) is 138 cm³/mol. The van der Waals surface area contributed by atoms with E-state index in [1.807, 2.05) is 72.8 Å². The fraction of sp³-hybridized carbons (Fsp3) is 0.185. The molecule has 0 radical (unpaired) electrons. The zero-order valence-corrected chi connectivity index (χ0v) is 20.3. The summed E-state index contributed by atoms with van der Waals surface area (Å²) < 4.78 is 0. The van der Waals surface area contributed by atoms with Crippen molar-refractivity contribution in [2.75, 3.05) is 5.32 Å². The third kappa shape index (κ3) is 5.75. The van der Waals surface area contributed by atoms with Crippen molar-refractivity contribution < 1.29 is 9.59 Å². The van der Waals surface area contributed by atoms with Gasteiger partial charge in [0.15, 0.2) is 0 Å². The maximum Gasteiger partial charge on any atom is 0.249 e. The van der Waals surface area contributed by atoms with E-state index in [1.165, 1.54) is 11.3 Å². The number of aromatic nitrogens is 2. The number of hydrogen-bond donors (Lipinski definition) is 2. The molecule has 3 atom stereocenters. The highest BCUT2D eigenvalue weighted by Gasteiger charge is 2.44. The molecule has 1 aliphatic carbocycles. The van der Waals surface area contributed by atoms with E-state index in [0.717, 1.165) is 23.1 Å². The summed E-state index contributed by atoms with van der Waals surface area (Å²) in [4.78, 5) is 26.3. The summed E-state index contributed by atoms with van der Waals surface area (Å²) in [5, 5.41) is 15.8. The van der Waals surface area contributed by atoms with Gasteiger partial charge in [-0.05, 0) is 35.6 Å². The van der Waals surface area contributed by atoms with E-state index in [-0.39, 0.29) is 23.7 Å². The van der Waals surface area contributed by atoms with Crippen molar-refractivity contribution in [1.29, 1.82) is 0 Å². The summed E-state index contributed by atoms with van der Waals surface area (Å²) in [5.41, 5.74) is 2.98. The van der Waals surface area contributed by atoms with Crippen molar-refractivity contribution in [3.8, 4) is 10.6 Å². The van der Waals surface area contributed by atoms with E-state index >= 15 is 0 Å². The van der Waals surface area contributed by atoms with Gasteiger partial charge in [-0.1, -0.05) is 95.7 Å². The van der Waals surface area contributed by atoms with Crippen LogP contribution in [-0.2, 0) is 16.0 Å². The number of amides is 2. The number of hydrogen-bond acceptors (Lipinski definition) is 5. The lowest BCUT2D eigenvalue weighted by Crippen LogP contribution is -2.46. The van der Waals surface area contributed by atoms with E-state index in [2.05, 4.69) is 20.8 Å². The highest BCUT2D eigenvalue weighted by Crippen LogP contribution is 2.47. The van der Waals surface area contributed by atoms with Crippen LogP contribution in [0.2, 0.25) is 5.02 Å². The molecule has 0 spiro atoms. The molecule has 176 valence electrons. The SMILES string of the molecule is O=C(Nc1nnc(-c2ccc(Cl)cc2)s1)[C@H](Cc1ccccc1)NC(=O)[C@H]1C[C@H]1c1ccccc1. The van der Waals surface area contributed by atoms with Crippen LogP contribution in [0.15, 0.2) is 84.9 Å². The van der Waals surface area contributed by atoms with Crippen LogP contribution in [0.25, 0.3) is 10.6 Å². The molecule has 1 heterocycles. The maximum absolute atomic E-state index is 13.2. The molecule has 0 bridgehead atoms. The molecule has 1 fully saturated rings. The number of anilines is 1. The lowest BCUT2D eigenvalue weighted by molar-refractivity contribution is -0.127. The number of halogens is 1. The first kappa shape index (κ1) is 23.2. The van der Waals surface area contributed by atoms with Crippen LogP contribution < -0.4 is 10.6 Å². The number of carbonyl (C=O) groups is 2. The second kappa shape index (κ2) is 10.4. The summed E-state index contributed by atoms with van der Waals surface area (Å²) in [5.74, 6) is -0.352. The molecule has 0 saturated heterocycles. The minimum absolute atomic E-state index is 0.103. The van der Waals surface area contributed by atoms with Gasteiger partial charge in [0.1, 0.15) is 11.0 Å². The minimum atomic E-state index is -0.732. The Balaban J connectivity index is 1.28. The first-order valence-electron chi connectivity index (χ1n) is 11.4. The van der Waals surface area contributed by atoms with E-state index in [4.69, 9.17) is 11.6 Å². The van der Waals surface area contributed by atoms with Crippen LogP contribution in [0.5, 0.6) is 0 Å². The van der Waals surface area contributed by atoms with E-state index < -0.39 is 6.04 Å². The van der Waals surface area contributed by atoms with E-state index in [9.17, 15) is 9.59 Å². The molecule has 6 nitrogen and oxygen atoms in total. The quantitative estimate of drug-likeness (QED) is 0.341.